The van der Waals surface area contributed by atoms with Crippen LogP contribution in [0.1, 0.15) is 33.6 Å². The number of carbonyl (C=O) groups excluding carboxylic acids is 2. The first-order chi connectivity index (χ1) is 8.27. The summed E-state index contributed by atoms with van der Waals surface area (Å²) in [7, 11) is 0. The Balaban J connectivity index is 4.42. The Labute approximate surface area is 106 Å². The molecule has 3 amide bonds. The summed E-state index contributed by atoms with van der Waals surface area (Å²) >= 11 is 0. The van der Waals surface area contributed by atoms with Crippen LogP contribution in [0.15, 0.2) is 0 Å². The minimum atomic E-state index is -0.959. The van der Waals surface area contributed by atoms with E-state index >= 15 is 0 Å². The number of urea groups is 1. The molecule has 0 rings (SSSR count). The van der Waals surface area contributed by atoms with Gasteiger partial charge >= 0.3 is 12.0 Å². The molecule has 0 saturated heterocycles. The van der Waals surface area contributed by atoms with E-state index < -0.39 is 17.9 Å². The van der Waals surface area contributed by atoms with Gasteiger partial charge in [-0.2, -0.15) is 0 Å². The van der Waals surface area contributed by atoms with Gasteiger partial charge in [-0.3, -0.25) is 9.59 Å². The summed E-state index contributed by atoms with van der Waals surface area (Å²) in [4.78, 5) is 34.6. The Morgan fingerprint density at radius 2 is 1.83 bits per heavy atom. The van der Waals surface area contributed by atoms with Gasteiger partial charge in [-0.25, -0.2) is 4.79 Å². The Morgan fingerprint density at radius 3 is 2.22 bits per heavy atom. The Morgan fingerprint density at radius 1 is 1.28 bits per heavy atom. The van der Waals surface area contributed by atoms with Crippen LogP contribution in [0.4, 0.5) is 4.79 Å². The maximum absolute atomic E-state index is 11.9. The quantitative estimate of drug-likeness (QED) is 0.603. The molecule has 0 fully saturated rings. The van der Waals surface area contributed by atoms with Gasteiger partial charge in [0.05, 0.1) is 6.42 Å². The molecule has 2 atom stereocenters. The number of rotatable bonds is 7. The van der Waals surface area contributed by atoms with Crippen molar-refractivity contribution in [2.75, 3.05) is 6.54 Å². The molecule has 104 valence electrons. The second kappa shape index (κ2) is 7.52. The highest BCUT2D eigenvalue weighted by atomic mass is 16.4. The number of hydrogen-bond donors (Lipinski definition) is 3. The summed E-state index contributed by atoms with van der Waals surface area (Å²) in [6.07, 6.45) is -0.0674. The molecule has 0 aromatic heterocycles. The van der Waals surface area contributed by atoms with Gasteiger partial charge in [0.1, 0.15) is 0 Å². The molecule has 0 aliphatic carbocycles. The predicted octanol–water partition coefficient (Wildman–Crippen LogP) is 0.145. The van der Waals surface area contributed by atoms with Gasteiger partial charge in [0.15, 0.2) is 0 Å². The first-order valence-electron chi connectivity index (χ1n) is 5.85. The van der Waals surface area contributed by atoms with Crippen molar-refractivity contribution in [2.45, 2.75) is 45.7 Å². The van der Waals surface area contributed by atoms with E-state index in [1.54, 1.807) is 20.8 Å². The molecule has 0 spiro atoms. The van der Waals surface area contributed by atoms with Crippen molar-refractivity contribution in [1.29, 1.82) is 0 Å². The largest absolute Gasteiger partial charge is 0.481 e. The SMILES string of the molecule is CCN(C(=O)NC(C)CC(N)=O)C(C)CC(=O)O. The van der Waals surface area contributed by atoms with Crippen LogP contribution in [0, 0.1) is 0 Å². The van der Waals surface area contributed by atoms with E-state index in [1.165, 1.54) is 4.90 Å². The third-order valence-electron chi connectivity index (χ3n) is 2.48. The molecule has 0 aliphatic heterocycles. The smallest absolute Gasteiger partial charge is 0.317 e. The van der Waals surface area contributed by atoms with Gasteiger partial charge in [0, 0.05) is 25.0 Å². The minimum Gasteiger partial charge on any atom is -0.481 e. The second-order valence-corrected chi connectivity index (χ2v) is 4.25. The van der Waals surface area contributed by atoms with Crippen LogP contribution in [-0.2, 0) is 9.59 Å². The third kappa shape index (κ3) is 6.07. The van der Waals surface area contributed by atoms with E-state index in [0.717, 1.165) is 0 Å². The van der Waals surface area contributed by atoms with Gasteiger partial charge in [-0.15, -0.1) is 0 Å². The molecule has 0 heterocycles. The monoisotopic (exact) mass is 259 g/mol. The molecule has 0 saturated carbocycles. The van der Waals surface area contributed by atoms with Crippen LogP contribution in [0.25, 0.3) is 0 Å². The molecular weight excluding hydrogens is 238 g/mol. The number of carboxylic acids is 1. The Bertz CT molecular complexity index is 319. The molecule has 7 heteroatoms. The van der Waals surface area contributed by atoms with E-state index in [0.29, 0.717) is 6.54 Å². The number of carbonyl (C=O) groups is 3. The number of primary amides is 1. The zero-order chi connectivity index (χ0) is 14.3. The van der Waals surface area contributed by atoms with Gasteiger partial charge in [-0.05, 0) is 20.8 Å². The van der Waals surface area contributed by atoms with Crippen LogP contribution in [0.2, 0.25) is 0 Å². The van der Waals surface area contributed by atoms with Gasteiger partial charge in [-0.1, -0.05) is 0 Å². The number of nitrogens with zero attached hydrogens (tertiary/aromatic N) is 1. The maximum atomic E-state index is 11.9. The van der Waals surface area contributed by atoms with E-state index in [4.69, 9.17) is 10.8 Å². The summed E-state index contributed by atoms with van der Waals surface area (Å²) in [5.74, 6) is -1.46. The van der Waals surface area contributed by atoms with Crippen molar-refractivity contribution in [3.8, 4) is 0 Å². The van der Waals surface area contributed by atoms with E-state index in [9.17, 15) is 14.4 Å². The standard InChI is InChI=1S/C11H21N3O4/c1-4-14(8(3)6-10(16)17)11(18)13-7(2)5-9(12)15/h7-8H,4-6H2,1-3H3,(H2,12,15)(H,13,18)(H,16,17). The van der Waals surface area contributed by atoms with Crippen molar-refractivity contribution < 1.29 is 19.5 Å². The average molecular weight is 259 g/mol. The Hall–Kier alpha value is -1.79. The first kappa shape index (κ1) is 16.2. The second-order valence-electron chi connectivity index (χ2n) is 4.25. The highest BCUT2D eigenvalue weighted by Gasteiger charge is 2.22. The number of amides is 3. The molecule has 0 radical (unpaired) electrons. The highest BCUT2D eigenvalue weighted by molar-refractivity contribution is 5.78. The summed E-state index contributed by atoms with van der Waals surface area (Å²) in [5, 5.41) is 11.3. The zero-order valence-corrected chi connectivity index (χ0v) is 11.0. The topological polar surface area (TPSA) is 113 Å². The van der Waals surface area contributed by atoms with Gasteiger partial charge in [0.2, 0.25) is 5.91 Å². The predicted molar refractivity (Wildman–Crippen MR) is 65.9 cm³/mol. The lowest BCUT2D eigenvalue weighted by molar-refractivity contribution is -0.138. The van der Waals surface area contributed by atoms with Gasteiger partial charge in [0.25, 0.3) is 0 Å². The normalized spacial score (nSPS) is 13.5. The van der Waals surface area contributed by atoms with E-state index in [1.807, 2.05) is 0 Å². The van der Waals surface area contributed by atoms with Crippen LogP contribution < -0.4 is 11.1 Å². The van der Waals surface area contributed by atoms with E-state index in [2.05, 4.69) is 5.32 Å². The highest BCUT2D eigenvalue weighted by Crippen LogP contribution is 2.05. The summed E-state index contributed by atoms with van der Waals surface area (Å²) in [5.41, 5.74) is 5.02. The lowest BCUT2D eigenvalue weighted by atomic mass is 10.2. The summed E-state index contributed by atoms with van der Waals surface area (Å²) in [6.45, 7) is 5.48. The van der Waals surface area contributed by atoms with Crippen LogP contribution in [0.3, 0.4) is 0 Å². The fourth-order valence-corrected chi connectivity index (χ4v) is 1.66. The van der Waals surface area contributed by atoms with Crippen molar-refractivity contribution in [1.82, 2.24) is 10.2 Å². The first-order valence-corrected chi connectivity index (χ1v) is 5.85. The number of carboxylic acid groups (broad SMARTS) is 1. The lowest BCUT2D eigenvalue weighted by Crippen LogP contribution is -2.48. The molecule has 4 N–H and O–H groups in total. The Kier molecular flexibility index (Phi) is 6.77. The maximum Gasteiger partial charge on any atom is 0.317 e. The average Bonchev–Trinajstić information content (AvgIpc) is 2.14. The lowest BCUT2D eigenvalue weighted by Gasteiger charge is -2.28. The minimum absolute atomic E-state index is 0.0522. The fraction of sp³-hybridized carbons (Fsp3) is 0.727. The molecule has 0 aliphatic rings. The van der Waals surface area contributed by atoms with Crippen LogP contribution in [-0.4, -0.2) is 46.5 Å². The van der Waals surface area contributed by atoms with Crippen molar-refractivity contribution in [3.05, 3.63) is 0 Å². The molecule has 7 nitrogen and oxygen atoms in total. The zero-order valence-electron chi connectivity index (χ0n) is 11.0. The van der Waals surface area contributed by atoms with Gasteiger partial charge < -0.3 is 21.1 Å². The molecule has 0 aromatic rings. The molecule has 18 heavy (non-hydrogen) atoms. The molecular formula is C11H21N3O4. The number of hydrogen-bond acceptors (Lipinski definition) is 3. The van der Waals surface area contributed by atoms with E-state index in [-0.39, 0.29) is 24.9 Å². The van der Waals surface area contributed by atoms with Crippen molar-refractivity contribution in [2.24, 2.45) is 5.73 Å². The van der Waals surface area contributed by atoms with Crippen molar-refractivity contribution in [3.63, 3.8) is 0 Å². The summed E-state index contributed by atoms with van der Waals surface area (Å²) < 4.78 is 0. The summed E-state index contributed by atoms with van der Waals surface area (Å²) in [6, 6.07) is -1.17. The van der Waals surface area contributed by atoms with Crippen LogP contribution >= 0.6 is 0 Å². The number of nitrogens with two attached hydrogens (primary N) is 1. The number of nitrogens with one attached hydrogen (secondary N) is 1. The van der Waals surface area contributed by atoms with Crippen molar-refractivity contribution >= 4 is 17.9 Å². The molecule has 0 bridgehead atoms. The molecule has 0 aromatic carbocycles. The number of aliphatic carboxylic acids is 1. The van der Waals surface area contributed by atoms with Crippen LogP contribution in [0.5, 0.6) is 0 Å². The fourth-order valence-electron chi connectivity index (χ4n) is 1.66. The molecule has 2 unspecified atom stereocenters. The third-order valence-corrected chi connectivity index (χ3v) is 2.48.